The smallest absolute Gasteiger partial charge is 0.230 e. The molecular formula is C30H34N8O2. The molecule has 3 aliphatic heterocycles. The van der Waals surface area contributed by atoms with Crippen molar-refractivity contribution in [2.75, 3.05) is 49.6 Å². The van der Waals surface area contributed by atoms with Crippen LogP contribution in [-0.4, -0.2) is 77.4 Å². The summed E-state index contributed by atoms with van der Waals surface area (Å²) in [5.41, 5.74) is 4.39. The third-order valence-electron chi connectivity index (χ3n) is 8.58. The van der Waals surface area contributed by atoms with Crippen LogP contribution in [0.25, 0.3) is 11.4 Å². The highest BCUT2D eigenvalue weighted by molar-refractivity contribution is 5.66. The van der Waals surface area contributed by atoms with Crippen molar-refractivity contribution in [1.29, 1.82) is 5.26 Å². The Labute approximate surface area is 234 Å². The molecule has 10 nitrogen and oxygen atoms in total. The van der Waals surface area contributed by atoms with Gasteiger partial charge in [-0.15, -0.1) is 0 Å². The van der Waals surface area contributed by atoms with Gasteiger partial charge in [0.1, 0.15) is 24.3 Å². The van der Waals surface area contributed by atoms with Crippen LogP contribution in [0.1, 0.15) is 36.8 Å². The minimum atomic E-state index is 0.111. The summed E-state index contributed by atoms with van der Waals surface area (Å²) in [7, 11) is 0. The van der Waals surface area contributed by atoms with Crippen molar-refractivity contribution in [1.82, 2.24) is 25.2 Å². The number of nitrogens with one attached hydrogen (secondary N) is 2. The van der Waals surface area contributed by atoms with Gasteiger partial charge in [-0.2, -0.15) is 10.2 Å². The van der Waals surface area contributed by atoms with Crippen molar-refractivity contribution in [3.05, 3.63) is 53.9 Å². The second kappa shape index (κ2) is 11.0. The van der Waals surface area contributed by atoms with E-state index in [1.54, 1.807) is 0 Å². The Hall–Kier alpha value is -3.78. The second-order valence-corrected chi connectivity index (χ2v) is 11.1. The van der Waals surface area contributed by atoms with E-state index < -0.39 is 0 Å². The van der Waals surface area contributed by atoms with Gasteiger partial charge in [0, 0.05) is 61.3 Å². The molecule has 0 spiro atoms. The van der Waals surface area contributed by atoms with Gasteiger partial charge in [0.05, 0.1) is 24.8 Å². The van der Waals surface area contributed by atoms with E-state index in [-0.39, 0.29) is 6.10 Å². The summed E-state index contributed by atoms with van der Waals surface area (Å²) in [5.74, 6) is 1.67. The molecule has 0 radical (unpaired) electrons. The molecule has 40 heavy (non-hydrogen) atoms. The maximum Gasteiger partial charge on any atom is 0.230 e. The predicted octanol–water partition coefficient (Wildman–Crippen LogP) is 3.47. The van der Waals surface area contributed by atoms with Crippen LogP contribution >= 0.6 is 0 Å². The number of anilines is 3. The Morgan fingerprint density at radius 2 is 1.82 bits per heavy atom. The lowest BCUT2D eigenvalue weighted by Gasteiger charge is -2.43. The van der Waals surface area contributed by atoms with E-state index in [1.807, 2.05) is 12.1 Å². The summed E-state index contributed by atoms with van der Waals surface area (Å²) in [5, 5.41) is 16.9. The average Bonchev–Trinajstić information content (AvgIpc) is 3.16. The summed E-state index contributed by atoms with van der Waals surface area (Å²) in [4.78, 5) is 18.4. The number of hydrogen-bond donors (Lipinski definition) is 2. The van der Waals surface area contributed by atoms with Crippen LogP contribution in [0, 0.1) is 11.3 Å². The Bertz CT molecular complexity index is 1400. The molecule has 10 heteroatoms. The van der Waals surface area contributed by atoms with Crippen LogP contribution in [0.3, 0.4) is 0 Å². The molecule has 1 aliphatic carbocycles. The molecule has 4 aliphatic rings. The van der Waals surface area contributed by atoms with Crippen LogP contribution < -0.4 is 20.3 Å². The molecule has 7 rings (SSSR count). The third kappa shape index (κ3) is 5.08. The summed E-state index contributed by atoms with van der Waals surface area (Å²) in [6.45, 7) is 6.59. The minimum absolute atomic E-state index is 0.111. The maximum atomic E-state index is 9.94. The number of rotatable bonds is 5. The quantitative estimate of drug-likeness (QED) is 0.501. The number of fused-ring (bicyclic) bond motifs is 2. The molecule has 3 aromatic rings. The molecule has 2 aromatic carbocycles. The molecule has 1 aromatic heterocycles. The predicted molar refractivity (Wildman–Crippen MR) is 152 cm³/mol. The van der Waals surface area contributed by atoms with Gasteiger partial charge in [0.25, 0.3) is 0 Å². The molecule has 4 heterocycles. The Morgan fingerprint density at radius 3 is 2.60 bits per heavy atom. The van der Waals surface area contributed by atoms with Crippen molar-refractivity contribution in [3.63, 3.8) is 0 Å². The van der Waals surface area contributed by atoms with Crippen LogP contribution in [0.5, 0.6) is 5.75 Å². The molecule has 0 amide bonds. The summed E-state index contributed by atoms with van der Waals surface area (Å²) >= 11 is 0. The second-order valence-electron chi connectivity index (χ2n) is 11.1. The van der Waals surface area contributed by atoms with E-state index in [1.165, 1.54) is 18.4 Å². The summed E-state index contributed by atoms with van der Waals surface area (Å²) in [6.07, 6.45) is 6.10. The largest absolute Gasteiger partial charge is 0.487 e. The zero-order chi connectivity index (χ0) is 26.9. The summed E-state index contributed by atoms with van der Waals surface area (Å²) in [6, 6.07) is 15.5. The van der Waals surface area contributed by atoms with Gasteiger partial charge in [0.15, 0.2) is 5.82 Å². The van der Waals surface area contributed by atoms with Crippen LogP contribution in [0.2, 0.25) is 0 Å². The first-order valence-corrected chi connectivity index (χ1v) is 14.3. The van der Waals surface area contributed by atoms with E-state index in [0.717, 1.165) is 75.5 Å². The third-order valence-corrected chi connectivity index (χ3v) is 8.58. The lowest BCUT2D eigenvalue weighted by molar-refractivity contribution is -0.0660. The van der Waals surface area contributed by atoms with Crippen molar-refractivity contribution < 1.29 is 9.47 Å². The standard InChI is InChI=1S/C30H34N8O2/c31-15-21-13-20(14-22-16-32-26-3-1-2-4-27(26)40-28(21)22)29-33-19-34-30(36-29)35-23-5-7-24(8-6-23)37-9-11-38(12-10-37)25-17-39-18-25/h5-8,13-14,19,25-27,32H,1-4,9-12,16-18H2,(H,33,34,35,36)/t26-,27+/m1/s1. The van der Waals surface area contributed by atoms with Crippen molar-refractivity contribution in [2.24, 2.45) is 0 Å². The molecule has 2 atom stereocenters. The van der Waals surface area contributed by atoms with E-state index in [2.05, 4.69) is 65.7 Å². The van der Waals surface area contributed by atoms with E-state index in [9.17, 15) is 5.26 Å². The zero-order valence-electron chi connectivity index (χ0n) is 22.6. The Morgan fingerprint density at radius 1 is 1.00 bits per heavy atom. The minimum Gasteiger partial charge on any atom is -0.487 e. The van der Waals surface area contributed by atoms with E-state index in [4.69, 9.17) is 9.47 Å². The molecule has 206 valence electrons. The highest BCUT2D eigenvalue weighted by Crippen LogP contribution is 2.35. The van der Waals surface area contributed by atoms with Gasteiger partial charge in [-0.05, 0) is 55.7 Å². The van der Waals surface area contributed by atoms with Gasteiger partial charge in [-0.25, -0.2) is 9.97 Å². The first-order valence-electron chi connectivity index (χ1n) is 14.3. The lowest BCUT2D eigenvalue weighted by Crippen LogP contribution is -2.56. The van der Waals surface area contributed by atoms with Crippen LogP contribution in [-0.2, 0) is 11.3 Å². The molecule has 0 bridgehead atoms. The zero-order valence-corrected chi connectivity index (χ0v) is 22.6. The van der Waals surface area contributed by atoms with Gasteiger partial charge in [-0.1, -0.05) is 6.42 Å². The first kappa shape index (κ1) is 25.2. The highest BCUT2D eigenvalue weighted by Gasteiger charge is 2.31. The average molecular weight is 539 g/mol. The number of piperazine rings is 1. The number of ether oxygens (including phenoxy) is 2. The fourth-order valence-corrected chi connectivity index (χ4v) is 6.20. The van der Waals surface area contributed by atoms with Gasteiger partial charge in [-0.3, -0.25) is 4.90 Å². The van der Waals surface area contributed by atoms with Crippen molar-refractivity contribution in [2.45, 2.75) is 50.4 Å². The number of nitriles is 1. The Balaban J connectivity index is 1.05. The first-order chi connectivity index (χ1) is 19.7. The van der Waals surface area contributed by atoms with Gasteiger partial charge < -0.3 is 25.0 Å². The number of nitrogens with zero attached hydrogens (tertiary/aromatic N) is 6. The topological polar surface area (TPSA) is 111 Å². The normalized spacial score (nSPS) is 23.1. The molecule has 2 saturated heterocycles. The molecule has 3 fully saturated rings. The molecule has 2 N–H and O–H groups in total. The summed E-state index contributed by atoms with van der Waals surface area (Å²) < 4.78 is 11.7. The number of benzene rings is 2. The number of aromatic nitrogens is 3. The molecular weight excluding hydrogens is 504 g/mol. The molecule has 0 unspecified atom stereocenters. The van der Waals surface area contributed by atoms with Crippen molar-refractivity contribution in [3.8, 4) is 23.2 Å². The number of hydrogen-bond acceptors (Lipinski definition) is 10. The van der Waals surface area contributed by atoms with Crippen LogP contribution in [0.15, 0.2) is 42.7 Å². The molecule has 1 saturated carbocycles. The van der Waals surface area contributed by atoms with E-state index >= 15 is 0 Å². The van der Waals surface area contributed by atoms with Crippen molar-refractivity contribution >= 4 is 17.3 Å². The SMILES string of the molecule is N#Cc1cc(-c2ncnc(Nc3ccc(N4CCN(C5COC5)CC4)cc3)n2)cc2c1O[C@H]1CCCC[C@H]1NC2. The monoisotopic (exact) mass is 538 g/mol. The fraction of sp³-hybridized carbons (Fsp3) is 0.467. The lowest BCUT2D eigenvalue weighted by atomic mass is 9.92. The maximum absolute atomic E-state index is 9.94. The van der Waals surface area contributed by atoms with E-state index in [0.29, 0.717) is 41.7 Å². The van der Waals surface area contributed by atoms with Gasteiger partial charge >= 0.3 is 0 Å². The van der Waals surface area contributed by atoms with Gasteiger partial charge in [0.2, 0.25) is 5.95 Å². The highest BCUT2D eigenvalue weighted by atomic mass is 16.5. The Kier molecular flexibility index (Phi) is 6.93. The fourth-order valence-electron chi connectivity index (χ4n) is 6.20. The van der Waals surface area contributed by atoms with Crippen LogP contribution in [0.4, 0.5) is 17.3 Å².